The molecule has 6 nitrogen and oxygen atoms in total. The Balaban J connectivity index is 0. The van der Waals surface area contributed by atoms with Crippen LogP contribution in [0.25, 0.3) is 0 Å². The van der Waals surface area contributed by atoms with Gasteiger partial charge >= 0.3 is 0 Å². The molecule has 0 saturated heterocycles. The van der Waals surface area contributed by atoms with Gasteiger partial charge < -0.3 is 30.6 Å². The Hall–Kier alpha value is -0.240. The van der Waals surface area contributed by atoms with Crippen LogP contribution in [0.3, 0.4) is 0 Å². The second-order valence-electron chi connectivity index (χ2n) is 3.09. The minimum Gasteiger partial charge on any atom is -0.396 e. The third-order valence-electron chi connectivity index (χ3n) is 1.73. The van der Waals surface area contributed by atoms with E-state index in [1.54, 1.807) is 0 Å². The summed E-state index contributed by atoms with van der Waals surface area (Å²) in [5.74, 6) is -0.139. The molecular weight excluding hydrogens is 204 g/mol. The van der Waals surface area contributed by atoms with Crippen molar-refractivity contribution in [3.8, 4) is 0 Å². The molecule has 0 amide bonds. The summed E-state index contributed by atoms with van der Waals surface area (Å²) in [6.07, 6.45) is -0.00579. The SMILES string of the molecule is OCCC(CO)CO.OCCC(O)CO. The van der Waals surface area contributed by atoms with Crippen molar-refractivity contribution in [2.45, 2.75) is 18.9 Å². The highest BCUT2D eigenvalue weighted by molar-refractivity contribution is 4.52. The van der Waals surface area contributed by atoms with Crippen LogP contribution in [-0.2, 0) is 0 Å². The van der Waals surface area contributed by atoms with Crippen LogP contribution >= 0.6 is 0 Å². The van der Waals surface area contributed by atoms with Crippen LogP contribution in [0.2, 0.25) is 0 Å². The van der Waals surface area contributed by atoms with Crippen molar-refractivity contribution < 1.29 is 30.6 Å². The topological polar surface area (TPSA) is 121 Å². The summed E-state index contributed by atoms with van der Waals surface area (Å²) in [5.41, 5.74) is 0. The van der Waals surface area contributed by atoms with Crippen molar-refractivity contribution in [2.75, 3.05) is 33.0 Å². The molecule has 0 aliphatic heterocycles. The van der Waals surface area contributed by atoms with E-state index in [-0.39, 0.29) is 45.4 Å². The van der Waals surface area contributed by atoms with Gasteiger partial charge in [0, 0.05) is 32.3 Å². The average molecular weight is 226 g/mol. The normalized spacial score (nSPS) is 12.2. The molecule has 94 valence electrons. The molecular formula is C9H22O6. The summed E-state index contributed by atoms with van der Waals surface area (Å²) in [6, 6.07) is 0. The van der Waals surface area contributed by atoms with Crippen molar-refractivity contribution in [1.82, 2.24) is 0 Å². The zero-order valence-corrected chi connectivity index (χ0v) is 8.79. The number of aliphatic hydroxyl groups excluding tert-OH is 6. The molecule has 6 heteroatoms. The van der Waals surface area contributed by atoms with Gasteiger partial charge in [0.1, 0.15) is 0 Å². The summed E-state index contributed by atoms with van der Waals surface area (Å²) in [4.78, 5) is 0. The molecule has 0 aromatic rings. The molecule has 0 aliphatic carbocycles. The monoisotopic (exact) mass is 226 g/mol. The fraction of sp³-hybridized carbons (Fsp3) is 1.00. The standard InChI is InChI=1S/C5H12O3.C4H10O3/c6-2-1-5(3-7)4-8;5-2-1-4(7)3-6/h5-8H,1-4H2;4-7H,1-3H2. The Bertz CT molecular complexity index is 107. The zero-order chi connectivity index (χ0) is 12.1. The van der Waals surface area contributed by atoms with Gasteiger partial charge in [-0.05, 0) is 12.8 Å². The third-order valence-corrected chi connectivity index (χ3v) is 1.73. The van der Waals surface area contributed by atoms with Gasteiger partial charge in [-0.15, -0.1) is 0 Å². The van der Waals surface area contributed by atoms with E-state index in [0.717, 1.165) is 0 Å². The molecule has 6 N–H and O–H groups in total. The predicted molar refractivity (Wildman–Crippen MR) is 54.2 cm³/mol. The fourth-order valence-corrected chi connectivity index (χ4v) is 0.663. The maximum atomic E-state index is 8.45. The molecule has 0 aromatic heterocycles. The van der Waals surface area contributed by atoms with E-state index in [4.69, 9.17) is 30.6 Å². The second kappa shape index (κ2) is 13.8. The van der Waals surface area contributed by atoms with Gasteiger partial charge in [-0.25, -0.2) is 0 Å². The summed E-state index contributed by atoms with van der Waals surface area (Å²) in [7, 11) is 0. The lowest BCUT2D eigenvalue weighted by atomic mass is 10.1. The fourth-order valence-electron chi connectivity index (χ4n) is 0.663. The van der Waals surface area contributed by atoms with Gasteiger partial charge in [0.2, 0.25) is 0 Å². The summed E-state index contributed by atoms with van der Waals surface area (Å²) in [5, 5.41) is 49.7. The lowest BCUT2D eigenvalue weighted by Gasteiger charge is -2.06. The quantitative estimate of drug-likeness (QED) is 0.290. The third kappa shape index (κ3) is 13.8. The lowest BCUT2D eigenvalue weighted by molar-refractivity contribution is 0.0721. The predicted octanol–water partition coefficient (Wildman–Crippen LogP) is -2.31. The van der Waals surface area contributed by atoms with E-state index in [1.807, 2.05) is 0 Å². The molecule has 0 rings (SSSR count). The Morgan fingerprint density at radius 1 is 0.667 bits per heavy atom. The van der Waals surface area contributed by atoms with Gasteiger partial charge in [0.05, 0.1) is 12.7 Å². The van der Waals surface area contributed by atoms with Crippen molar-refractivity contribution in [2.24, 2.45) is 5.92 Å². The molecule has 0 aliphatic rings. The first-order valence-corrected chi connectivity index (χ1v) is 4.88. The van der Waals surface area contributed by atoms with Crippen LogP contribution in [0.5, 0.6) is 0 Å². The first-order valence-electron chi connectivity index (χ1n) is 4.88. The molecule has 0 aromatic carbocycles. The molecule has 0 heterocycles. The molecule has 15 heavy (non-hydrogen) atoms. The van der Waals surface area contributed by atoms with Crippen LogP contribution in [-0.4, -0.2) is 69.8 Å². The second-order valence-corrected chi connectivity index (χ2v) is 3.09. The van der Waals surface area contributed by atoms with Gasteiger partial charge in [0.15, 0.2) is 0 Å². The smallest absolute Gasteiger partial charge is 0.0792 e. The maximum Gasteiger partial charge on any atom is 0.0792 e. The van der Waals surface area contributed by atoms with Crippen molar-refractivity contribution in [1.29, 1.82) is 0 Å². The van der Waals surface area contributed by atoms with E-state index in [9.17, 15) is 0 Å². The van der Waals surface area contributed by atoms with Gasteiger partial charge in [-0.1, -0.05) is 0 Å². The minimum absolute atomic E-state index is 0.0335. The minimum atomic E-state index is -0.745. The van der Waals surface area contributed by atoms with Crippen LogP contribution in [0.4, 0.5) is 0 Å². The largest absolute Gasteiger partial charge is 0.396 e. The van der Waals surface area contributed by atoms with E-state index in [2.05, 4.69) is 0 Å². The van der Waals surface area contributed by atoms with E-state index in [0.29, 0.717) is 6.42 Å². The van der Waals surface area contributed by atoms with Crippen molar-refractivity contribution >= 4 is 0 Å². The Kier molecular flexibility index (Phi) is 15.7. The Morgan fingerprint density at radius 2 is 1.13 bits per heavy atom. The molecule has 0 radical (unpaired) electrons. The first kappa shape index (κ1) is 17.2. The molecule has 0 saturated carbocycles. The van der Waals surface area contributed by atoms with E-state index < -0.39 is 6.10 Å². The number of aliphatic hydroxyl groups is 6. The molecule has 0 spiro atoms. The average Bonchev–Trinajstić information content (AvgIpc) is 2.27. The molecule has 0 fully saturated rings. The van der Waals surface area contributed by atoms with Crippen molar-refractivity contribution in [3.63, 3.8) is 0 Å². The molecule has 1 atom stereocenters. The Morgan fingerprint density at radius 3 is 1.27 bits per heavy atom. The summed E-state index contributed by atoms with van der Waals surface area (Å²) >= 11 is 0. The first-order chi connectivity index (χ1) is 7.15. The van der Waals surface area contributed by atoms with Crippen LogP contribution in [0.1, 0.15) is 12.8 Å². The van der Waals surface area contributed by atoms with Crippen molar-refractivity contribution in [3.05, 3.63) is 0 Å². The number of hydrogen-bond acceptors (Lipinski definition) is 6. The number of hydrogen-bond donors (Lipinski definition) is 6. The van der Waals surface area contributed by atoms with Crippen LogP contribution in [0.15, 0.2) is 0 Å². The highest BCUT2D eigenvalue weighted by Gasteiger charge is 2.02. The molecule has 1 unspecified atom stereocenters. The summed E-state index contributed by atoms with van der Waals surface area (Å²) < 4.78 is 0. The van der Waals surface area contributed by atoms with E-state index >= 15 is 0 Å². The Labute approximate surface area is 89.4 Å². The number of rotatable bonds is 7. The van der Waals surface area contributed by atoms with Gasteiger partial charge in [-0.2, -0.15) is 0 Å². The lowest BCUT2D eigenvalue weighted by Crippen LogP contribution is -2.12. The summed E-state index contributed by atoms with van der Waals surface area (Å²) in [6.45, 7) is -0.387. The van der Waals surface area contributed by atoms with Gasteiger partial charge in [-0.3, -0.25) is 0 Å². The maximum absolute atomic E-state index is 8.45. The molecule has 0 bridgehead atoms. The van der Waals surface area contributed by atoms with Crippen LogP contribution in [0, 0.1) is 5.92 Å². The van der Waals surface area contributed by atoms with E-state index in [1.165, 1.54) is 0 Å². The van der Waals surface area contributed by atoms with Crippen LogP contribution < -0.4 is 0 Å². The van der Waals surface area contributed by atoms with Gasteiger partial charge in [0.25, 0.3) is 0 Å². The highest BCUT2D eigenvalue weighted by atomic mass is 16.3. The zero-order valence-electron chi connectivity index (χ0n) is 8.79. The highest BCUT2D eigenvalue weighted by Crippen LogP contribution is 1.97.